The number of carbonyl (C=O) groups excluding carboxylic acids is 2. The van der Waals surface area contributed by atoms with Crippen LogP contribution in [-0.2, 0) is 14.3 Å². The van der Waals surface area contributed by atoms with Gasteiger partial charge in [0.2, 0.25) is 9.70 Å². The molecule has 1 amide bonds. The molecule has 1 aliphatic heterocycles. The second-order valence-corrected chi connectivity index (χ2v) is 18.0. The fraction of sp³-hybridized carbons (Fsp3) is 0.824. The van der Waals surface area contributed by atoms with Gasteiger partial charge >= 0.3 is 6.16 Å². The van der Waals surface area contributed by atoms with E-state index in [1.807, 2.05) is 11.5 Å². The van der Waals surface area contributed by atoms with Gasteiger partial charge in [-0.2, -0.15) is 0 Å². The zero-order valence-electron chi connectivity index (χ0n) is 17.2. The smallest absolute Gasteiger partial charge is 0.430 e. The maximum Gasteiger partial charge on any atom is 0.508 e. The molecule has 0 N–H and O–H groups in total. The van der Waals surface area contributed by atoms with E-state index in [9.17, 15) is 9.59 Å². The number of unbranched alkanes of at least 4 members (excludes halogenated alkanes) is 1. The number of hydrogen-bond donors (Lipinski definition) is 0. The van der Waals surface area contributed by atoms with E-state index in [1.165, 1.54) is 11.8 Å². The third-order valence-corrected chi connectivity index (χ3v) is 11.1. The van der Waals surface area contributed by atoms with Gasteiger partial charge in [0.25, 0.3) is 0 Å². The van der Waals surface area contributed by atoms with Gasteiger partial charge in [-0.3, -0.25) is 4.79 Å². The molecule has 1 saturated heterocycles. The monoisotopic (exact) mass is 539 g/mol. The van der Waals surface area contributed by atoms with Gasteiger partial charge in [0.1, 0.15) is 22.2 Å². The van der Waals surface area contributed by atoms with E-state index in [4.69, 9.17) is 56.5 Å². The van der Waals surface area contributed by atoms with Crippen LogP contribution >= 0.6 is 70.5 Å². The molecule has 0 aliphatic carbocycles. The van der Waals surface area contributed by atoms with E-state index in [0.717, 1.165) is 28.2 Å². The molecule has 5 nitrogen and oxygen atoms in total. The average molecular weight is 541 g/mol. The van der Waals surface area contributed by atoms with Gasteiger partial charge in [-0.25, -0.2) is 4.79 Å². The fourth-order valence-corrected chi connectivity index (χ4v) is 10.00. The quantitative estimate of drug-likeness (QED) is 0.109. The lowest BCUT2D eigenvalue weighted by molar-refractivity contribution is -0.149. The van der Waals surface area contributed by atoms with E-state index < -0.39 is 36.8 Å². The van der Waals surface area contributed by atoms with Gasteiger partial charge < -0.3 is 14.0 Å². The van der Waals surface area contributed by atoms with Crippen LogP contribution in [0.3, 0.4) is 0 Å². The SMILES string of the molecule is CCCC[Si](C)(C)N1C(=O)C(C(C)OC(=O)OCC(Cl)(Cl)Cl)C1SC(=S)SCC. The molecule has 0 radical (unpaired) electrons. The Kier molecular flexibility index (Phi) is 11.5. The number of amides is 1. The van der Waals surface area contributed by atoms with E-state index in [-0.39, 0.29) is 11.3 Å². The van der Waals surface area contributed by atoms with E-state index in [2.05, 4.69) is 20.0 Å². The molecule has 1 heterocycles. The van der Waals surface area contributed by atoms with Crippen molar-refractivity contribution in [3.63, 3.8) is 0 Å². The van der Waals surface area contributed by atoms with Crippen molar-refractivity contribution in [2.45, 2.75) is 68.0 Å². The average Bonchev–Trinajstić information content (AvgIpc) is 2.57. The highest BCUT2D eigenvalue weighted by atomic mass is 35.6. The van der Waals surface area contributed by atoms with Crippen LogP contribution in [0.2, 0.25) is 19.1 Å². The Morgan fingerprint density at radius 2 is 1.97 bits per heavy atom. The molecule has 168 valence electrons. The van der Waals surface area contributed by atoms with Crippen molar-refractivity contribution < 1.29 is 19.1 Å². The highest BCUT2D eigenvalue weighted by molar-refractivity contribution is 8.47. The number of ether oxygens (including phenoxy) is 2. The summed E-state index contributed by atoms with van der Waals surface area (Å²) < 4.78 is 11.2. The van der Waals surface area contributed by atoms with E-state index >= 15 is 0 Å². The number of hydrogen-bond acceptors (Lipinski definition) is 7. The Morgan fingerprint density at radius 3 is 2.48 bits per heavy atom. The minimum atomic E-state index is -1.95. The summed E-state index contributed by atoms with van der Waals surface area (Å²) in [7, 11) is -1.95. The van der Waals surface area contributed by atoms with Crippen molar-refractivity contribution in [3.8, 4) is 0 Å². The molecule has 1 rings (SSSR count). The first kappa shape index (κ1) is 27.7. The van der Waals surface area contributed by atoms with Crippen molar-refractivity contribution in [1.82, 2.24) is 4.57 Å². The molecule has 0 saturated carbocycles. The van der Waals surface area contributed by atoms with Crippen molar-refractivity contribution in [3.05, 3.63) is 0 Å². The summed E-state index contributed by atoms with van der Waals surface area (Å²) >= 11 is 25.3. The molecule has 3 atom stereocenters. The third-order valence-electron chi connectivity index (χ3n) is 4.50. The van der Waals surface area contributed by atoms with E-state index in [1.54, 1.807) is 18.7 Å². The van der Waals surface area contributed by atoms with Gasteiger partial charge in [-0.15, -0.1) is 11.8 Å². The molecule has 0 spiro atoms. The van der Waals surface area contributed by atoms with Crippen LogP contribution in [-0.4, -0.2) is 56.0 Å². The Hall–Kier alpha value is 0.617. The molecule has 0 aromatic carbocycles. The zero-order valence-corrected chi connectivity index (χ0v) is 22.9. The number of nitrogens with zero attached hydrogens (tertiary/aromatic N) is 1. The first-order valence-corrected chi connectivity index (χ1v) is 16.0. The van der Waals surface area contributed by atoms with Crippen molar-refractivity contribution in [2.75, 3.05) is 12.4 Å². The van der Waals surface area contributed by atoms with Crippen molar-refractivity contribution >= 4 is 94.4 Å². The van der Waals surface area contributed by atoms with Gasteiger partial charge in [-0.1, -0.05) is 98.6 Å². The van der Waals surface area contributed by atoms with Crippen LogP contribution in [0, 0.1) is 5.92 Å². The van der Waals surface area contributed by atoms with Crippen LogP contribution in [0.15, 0.2) is 0 Å². The van der Waals surface area contributed by atoms with Crippen LogP contribution in [0.25, 0.3) is 0 Å². The lowest BCUT2D eigenvalue weighted by Crippen LogP contribution is -2.71. The molecule has 12 heteroatoms. The first-order chi connectivity index (χ1) is 13.3. The summed E-state index contributed by atoms with van der Waals surface area (Å²) in [4.78, 5) is 25.0. The van der Waals surface area contributed by atoms with Crippen molar-refractivity contribution in [2.24, 2.45) is 5.92 Å². The molecule has 29 heavy (non-hydrogen) atoms. The second kappa shape index (κ2) is 12.0. The van der Waals surface area contributed by atoms with Gasteiger partial charge in [0.05, 0.1) is 5.37 Å². The standard InChI is InChI=1S/C17H28Cl3NO4S3Si/c1-6-8-9-29(4,5)21-13(22)12(14(21)28-16(26)27-7-2)11(3)25-15(23)24-10-17(18,19)20/h11-12,14H,6-10H2,1-5H3. The summed E-state index contributed by atoms with van der Waals surface area (Å²) in [5.74, 6) is 0.383. The molecule has 3 unspecified atom stereocenters. The Balaban J connectivity index is 2.88. The molecular weight excluding hydrogens is 513 g/mol. The Bertz CT molecular complexity index is 607. The number of rotatable bonds is 9. The first-order valence-electron chi connectivity index (χ1n) is 9.40. The lowest BCUT2D eigenvalue weighted by Gasteiger charge is -2.55. The molecular formula is C17H28Cl3NO4S3Si. The Labute approximate surface area is 203 Å². The number of carbonyl (C=O) groups is 2. The number of thiocarbonyl (C=S) groups is 1. The minimum Gasteiger partial charge on any atom is -0.430 e. The number of thioether (sulfide) groups is 2. The Morgan fingerprint density at radius 1 is 1.34 bits per heavy atom. The highest BCUT2D eigenvalue weighted by Crippen LogP contribution is 2.44. The van der Waals surface area contributed by atoms with Gasteiger partial charge in [-0.05, 0) is 18.7 Å². The number of alkyl halides is 3. The predicted molar refractivity (Wildman–Crippen MR) is 132 cm³/mol. The van der Waals surface area contributed by atoms with Crippen molar-refractivity contribution in [1.29, 1.82) is 0 Å². The highest BCUT2D eigenvalue weighted by Gasteiger charge is 2.57. The van der Waals surface area contributed by atoms with Crippen LogP contribution in [0.4, 0.5) is 4.79 Å². The van der Waals surface area contributed by atoms with Crippen LogP contribution in [0.5, 0.6) is 0 Å². The molecule has 0 aromatic rings. The molecule has 1 fully saturated rings. The number of halogens is 3. The number of β-lactam (4-membered cyclic amide) rings is 1. The van der Waals surface area contributed by atoms with Crippen LogP contribution in [0.1, 0.15) is 33.6 Å². The molecule has 0 bridgehead atoms. The molecule has 1 aliphatic rings. The summed E-state index contributed by atoms with van der Waals surface area (Å²) in [6.07, 6.45) is 0.517. The maximum atomic E-state index is 13.1. The minimum absolute atomic E-state index is 0.00115. The second-order valence-electron chi connectivity index (χ2n) is 7.32. The summed E-state index contributed by atoms with van der Waals surface area (Å²) in [6.45, 7) is 9.82. The van der Waals surface area contributed by atoms with Gasteiger partial charge in [0, 0.05) is 0 Å². The topological polar surface area (TPSA) is 55.8 Å². The van der Waals surface area contributed by atoms with Crippen LogP contribution < -0.4 is 0 Å². The maximum absolute atomic E-state index is 13.1. The predicted octanol–water partition coefficient (Wildman–Crippen LogP) is 6.46. The summed E-state index contributed by atoms with van der Waals surface area (Å²) in [5, 5.41) is -0.149. The lowest BCUT2D eigenvalue weighted by atomic mass is 9.95. The fourth-order valence-electron chi connectivity index (χ4n) is 3.07. The van der Waals surface area contributed by atoms with Gasteiger partial charge in [0.15, 0.2) is 8.24 Å². The third kappa shape index (κ3) is 8.58. The van der Waals surface area contributed by atoms with E-state index in [0.29, 0.717) is 0 Å². The summed E-state index contributed by atoms with van der Waals surface area (Å²) in [5.41, 5.74) is 0. The largest absolute Gasteiger partial charge is 0.508 e. The normalized spacial score (nSPS) is 20.8. The summed E-state index contributed by atoms with van der Waals surface area (Å²) in [6, 6.07) is 1.02. The zero-order chi connectivity index (χ0) is 22.4. The molecule has 0 aromatic heterocycles.